The number of rotatable bonds is 2. The molecule has 0 saturated heterocycles. The van der Waals surface area contributed by atoms with Crippen LogP contribution in [0.3, 0.4) is 0 Å². The molecule has 0 bridgehead atoms. The molecule has 3 nitrogen and oxygen atoms in total. The topological polar surface area (TPSA) is 53.0 Å². The molecule has 0 saturated carbocycles. The molecule has 0 aliphatic carbocycles. The molecule has 0 aromatic heterocycles. The van der Waals surface area contributed by atoms with E-state index in [0.717, 1.165) is 18.4 Å². The fourth-order valence-electron chi connectivity index (χ4n) is 0.933. The van der Waals surface area contributed by atoms with Crippen LogP contribution in [0, 0.1) is 5.41 Å². The Labute approximate surface area is 59.6 Å². The van der Waals surface area contributed by atoms with Gasteiger partial charge in [0.1, 0.15) is 5.84 Å². The van der Waals surface area contributed by atoms with Crippen LogP contribution in [-0.2, 0) is 4.79 Å². The summed E-state index contributed by atoms with van der Waals surface area (Å²) in [5.41, 5.74) is 0.729. The summed E-state index contributed by atoms with van der Waals surface area (Å²) in [6.07, 6.45) is 3.31. The van der Waals surface area contributed by atoms with Gasteiger partial charge in [-0.2, -0.15) is 0 Å². The van der Waals surface area contributed by atoms with Crippen molar-refractivity contribution in [2.75, 3.05) is 0 Å². The van der Waals surface area contributed by atoms with Gasteiger partial charge < -0.3 is 5.32 Å². The molecule has 0 unspecified atom stereocenters. The van der Waals surface area contributed by atoms with E-state index in [1.54, 1.807) is 6.08 Å². The number of amidine groups is 1. The number of carbonyl (C=O) groups is 1. The Balaban J connectivity index is 2.65. The van der Waals surface area contributed by atoms with Gasteiger partial charge in [-0.1, -0.05) is 13.3 Å². The summed E-state index contributed by atoms with van der Waals surface area (Å²) in [5, 5.41) is 9.48. The van der Waals surface area contributed by atoms with Gasteiger partial charge >= 0.3 is 0 Å². The summed E-state index contributed by atoms with van der Waals surface area (Å²) in [7, 11) is 0. The van der Waals surface area contributed by atoms with Crippen LogP contribution in [0.2, 0.25) is 0 Å². The zero-order chi connectivity index (χ0) is 7.56. The molecule has 1 heterocycles. The molecule has 0 fully saturated rings. The predicted octanol–water partition coefficient (Wildman–Crippen LogP) is 0.820. The Hall–Kier alpha value is -1.12. The molecule has 0 aromatic carbocycles. The van der Waals surface area contributed by atoms with Crippen molar-refractivity contribution in [3.05, 3.63) is 11.6 Å². The molecule has 0 spiro atoms. The van der Waals surface area contributed by atoms with E-state index in [2.05, 4.69) is 5.32 Å². The summed E-state index contributed by atoms with van der Waals surface area (Å²) in [4.78, 5) is 10.9. The van der Waals surface area contributed by atoms with Crippen molar-refractivity contribution in [2.45, 2.75) is 19.8 Å². The zero-order valence-electron chi connectivity index (χ0n) is 5.90. The quantitative estimate of drug-likeness (QED) is 0.583. The first-order chi connectivity index (χ1) is 4.74. The third-order valence-electron chi connectivity index (χ3n) is 1.38. The molecular formula is C7H10N2O. The minimum atomic E-state index is -0.105. The van der Waals surface area contributed by atoms with Crippen molar-refractivity contribution in [3.63, 3.8) is 0 Å². The van der Waals surface area contributed by atoms with Crippen LogP contribution in [0.5, 0.6) is 0 Å². The van der Waals surface area contributed by atoms with Gasteiger partial charge in [0.2, 0.25) is 0 Å². The molecule has 0 aromatic rings. The number of hydrogen-bond donors (Lipinski definition) is 2. The average Bonchev–Trinajstić information content (AvgIpc) is 2.13. The number of amides is 1. The minimum absolute atomic E-state index is 0.105. The van der Waals surface area contributed by atoms with E-state index in [-0.39, 0.29) is 11.7 Å². The summed E-state index contributed by atoms with van der Waals surface area (Å²) in [6, 6.07) is 0. The van der Waals surface area contributed by atoms with Gasteiger partial charge in [-0.25, -0.2) is 0 Å². The maximum atomic E-state index is 10.9. The van der Waals surface area contributed by atoms with E-state index >= 15 is 0 Å². The Morgan fingerprint density at radius 1 is 1.70 bits per heavy atom. The number of carbonyl (C=O) groups excluding carboxylic acids is 1. The van der Waals surface area contributed by atoms with E-state index in [1.807, 2.05) is 6.92 Å². The van der Waals surface area contributed by atoms with Crippen LogP contribution >= 0.6 is 0 Å². The summed E-state index contributed by atoms with van der Waals surface area (Å²) >= 11 is 0. The van der Waals surface area contributed by atoms with Crippen LogP contribution in [0.1, 0.15) is 19.8 Å². The van der Waals surface area contributed by atoms with Gasteiger partial charge in [0.15, 0.2) is 0 Å². The largest absolute Gasteiger partial charge is 0.307 e. The Kier molecular flexibility index (Phi) is 1.85. The molecule has 0 radical (unpaired) electrons. The highest BCUT2D eigenvalue weighted by molar-refractivity contribution is 6.17. The second-order valence-corrected chi connectivity index (χ2v) is 2.29. The van der Waals surface area contributed by atoms with E-state index < -0.39 is 0 Å². The van der Waals surface area contributed by atoms with Crippen LogP contribution in [-0.4, -0.2) is 11.7 Å². The monoisotopic (exact) mass is 138 g/mol. The SMILES string of the molecule is CCCC1=CC(=N)NC1=O. The van der Waals surface area contributed by atoms with E-state index in [0.29, 0.717) is 0 Å². The third-order valence-corrected chi connectivity index (χ3v) is 1.38. The molecule has 3 heteroatoms. The Morgan fingerprint density at radius 2 is 2.40 bits per heavy atom. The van der Waals surface area contributed by atoms with E-state index in [4.69, 9.17) is 5.41 Å². The van der Waals surface area contributed by atoms with E-state index in [1.165, 1.54) is 0 Å². The maximum absolute atomic E-state index is 10.9. The van der Waals surface area contributed by atoms with Gasteiger partial charge in [0.25, 0.3) is 5.91 Å². The first kappa shape index (κ1) is 6.99. The molecule has 1 aliphatic rings. The lowest BCUT2D eigenvalue weighted by Gasteiger charge is -1.93. The molecule has 1 amide bonds. The lowest BCUT2D eigenvalue weighted by molar-refractivity contribution is -0.115. The average molecular weight is 138 g/mol. The van der Waals surface area contributed by atoms with Crippen LogP contribution in [0.15, 0.2) is 11.6 Å². The minimum Gasteiger partial charge on any atom is -0.307 e. The van der Waals surface area contributed by atoms with Crippen molar-refractivity contribution in [2.24, 2.45) is 0 Å². The van der Waals surface area contributed by atoms with Crippen LogP contribution in [0.25, 0.3) is 0 Å². The summed E-state index contributed by atoms with van der Waals surface area (Å²) < 4.78 is 0. The Bertz CT molecular complexity index is 206. The first-order valence-electron chi connectivity index (χ1n) is 3.34. The molecule has 2 N–H and O–H groups in total. The molecular weight excluding hydrogens is 128 g/mol. The molecule has 54 valence electrons. The summed E-state index contributed by atoms with van der Waals surface area (Å²) in [5.74, 6) is 0.111. The third kappa shape index (κ3) is 1.23. The molecule has 10 heavy (non-hydrogen) atoms. The van der Waals surface area contributed by atoms with Gasteiger partial charge in [0.05, 0.1) is 0 Å². The standard InChI is InChI=1S/C7H10N2O/c1-2-3-5-4-6(8)9-7(5)10/h4H,2-3H2,1H3,(H2,8,9,10). The van der Waals surface area contributed by atoms with Crippen molar-refractivity contribution < 1.29 is 4.79 Å². The van der Waals surface area contributed by atoms with Crippen molar-refractivity contribution in [1.82, 2.24) is 5.32 Å². The highest BCUT2D eigenvalue weighted by atomic mass is 16.2. The van der Waals surface area contributed by atoms with Crippen molar-refractivity contribution in [3.8, 4) is 0 Å². The zero-order valence-corrected chi connectivity index (χ0v) is 5.90. The highest BCUT2D eigenvalue weighted by Gasteiger charge is 2.16. The van der Waals surface area contributed by atoms with Gasteiger partial charge in [-0.05, 0) is 12.5 Å². The maximum Gasteiger partial charge on any atom is 0.252 e. The highest BCUT2D eigenvalue weighted by Crippen LogP contribution is 2.08. The fourth-order valence-corrected chi connectivity index (χ4v) is 0.933. The lowest BCUT2D eigenvalue weighted by atomic mass is 10.1. The fraction of sp³-hybridized carbons (Fsp3) is 0.429. The summed E-state index contributed by atoms with van der Waals surface area (Å²) in [6.45, 7) is 2.01. The van der Waals surface area contributed by atoms with Gasteiger partial charge in [0, 0.05) is 5.57 Å². The normalized spacial score (nSPS) is 17.1. The van der Waals surface area contributed by atoms with Crippen molar-refractivity contribution >= 4 is 11.7 Å². The lowest BCUT2D eigenvalue weighted by Crippen LogP contribution is -2.21. The molecule has 1 aliphatic heterocycles. The van der Waals surface area contributed by atoms with Gasteiger partial charge in [-0.3, -0.25) is 10.2 Å². The van der Waals surface area contributed by atoms with Gasteiger partial charge in [-0.15, -0.1) is 0 Å². The molecule has 1 rings (SSSR count). The van der Waals surface area contributed by atoms with Crippen LogP contribution in [0.4, 0.5) is 0 Å². The second-order valence-electron chi connectivity index (χ2n) is 2.29. The van der Waals surface area contributed by atoms with Crippen molar-refractivity contribution in [1.29, 1.82) is 5.41 Å². The smallest absolute Gasteiger partial charge is 0.252 e. The Morgan fingerprint density at radius 3 is 2.80 bits per heavy atom. The second kappa shape index (κ2) is 2.64. The number of nitrogens with one attached hydrogen (secondary N) is 2. The first-order valence-corrected chi connectivity index (χ1v) is 3.34. The number of hydrogen-bond acceptors (Lipinski definition) is 2. The molecule has 0 atom stereocenters. The van der Waals surface area contributed by atoms with E-state index in [9.17, 15) is 4.79 Å². The van der Waals surface area contributed by atoms with Crippen LogP contribution < -0.4 is 5.32 Å². The predicted molar refractivity (Wildman–Crippen MR) is 38.9 cm³/mol.